The van der Waals surface area contributed by atoms with Crippen LogP contribution in [0.4, 0.5) is 5.69 Å². The number of rotatable bonds is 3. The highest BCUT2D eigenvalue weighted by Crippen LogP contribution is 2.15. The molecule has 0 atom stereocenters. The summed E-state index contributed by atoms with van der Waals surface area (Å²) in [5, 5.41) is 21.0. The van der Waals surface area contributed by atoms with Gasteiger partial charge in [-0.15, -0.1) is 0 Å². The molecule has 0 heterocycles. The Bertz CT molecular complexity index is 794. The summed E-state index contributed by atoms with van der Waals surface area (Å²) in [5.74, 6) is -0.505. The predicted octanol–water partition coefficient (Wildman–Crippen LogP) is 3.76. The van der Waals surface area contributed by atoms with Gasteiger partial charge in [0, 0.05) is 10.7 Å². The molecule has 0 radical (unpaired) electrons. The molecule has 0 spiro atoms. The second-order valence-corrected chi connectivity index (χ2v) is 4.80. The minimum Gasteiger partial charge on any atom is -0.321 e. The Morgan fingerprint density at radius 2 is 1.68 bits per heavy atom. The van der Waals surface area contributed by atoms with E-state index in [2.05, 4.69) is 5.32 Å². The number of amides is 1. The van der Waals surface area contributed by atoms with E-state index in [0.717, 1.165) is 0 Å². The Morgan fingerprint density at radius 3 is 2.23 bits per heavy atom. The van der Waals surface area contributed by atoms with Gasteiger partial charge in [0.05, 0.1) is 11.6 Å². The third-order valence-electron chi connectivity index (χ3n) is 2.82. The maximum atomic E-state index is 12.1. The van der Waals surface area contributed by atoms with E-state index in [1.54, 1.807) is 48.5 Å². The number of benzene rings is 2. The van der Waals surface area contributed by atoms with Crippen LogP contribution in [-0.2, 0) is 4.79 Å². The average molecular weight is 308 g/mol. The SMILES string of the molecule is N#C/C(=C\c1ccc(C#N)cc1)C(=O)Nc1ccc(Cl)cc1. The first kappa shape index (κ1) is 15.3. The first-order valence-electron chi connectivity index (χ1n) is 6.31. The molecule has 2 rings (SSSR count). The van der Waals surface area contributed by atoms with Gasteiger partial charge in [0.15, 0.2) is 0 Å². The van der Waals surface area contributed by atoms with Crippen LogP contribution in [0.3, 0.4) is 0 Å². The molecule has 106 valence electrons. The van der Waals surface area contributed by atoms with Gasteiger partial charge in [-0.3, -0.25) is 4.79 Å². The monoisotopic (exact) mass is 307 g/mol. The molecule has 4 nitrogen and oxygen atoms in total. The van der Waals surface area contributed by atoms with Crippen LogP contribution in [0.25, 0.3) is 6.08 Å². The van der Waals surface area contributed by atoms with E-state index < -0.39 is 5.91 Å². The minimum atomic E-state index is -0.505. The summed E-state index contributed by atoms with van der Waals surface area (Å²) in [6, 6.07) is 17.1. The highest BCUT2D eigenvalue weighted by Gasteiger charge is 2.09. The van der Waals surface area contributed by atoms with E-state index in [1.807, 2.05) is 12.1 Å². The molecule has 0 aliphatic carbocycles. The van der Waals surface area contributed by atoms with Crippen molar-refractivity contribution in [3.63, 3.8) is 0 Å². The molecule has 0 bridgehead atoms. The summed E-state index contributed by atoms with van der Waals surface area (Å²) >= 11 is 5.77. The van der Waals surface area contributed by atoms with Crippen molar-refractivity contribution in [1.29, 1.82) is 10.5 Å². The van der Waals surface area contributed by atoms with E-state index in [1.165, 1.54) is 6.08 Å². The van der Waals surface area contributed by atoms with Gasteiger partial charge >= 0.3 is 0 Å². The van der Waals surface area contributed by atoms with Crippen LogP contribution in [0, 0.1) is 22.7 Å². The Morgan fingerprint density at radius 1 is 1.05 bits per heavy atom. The normalized spacial score (nSPS) is 10.4. The number of hydrogen-bond acceptors (Lipinski definition) is 3. The number of nitrogens with one attached hydrogen (secondary N) is 1. The summed E-state index contributed by atoms with van der Waals surface area (Å²) in [7, 11) is 0. The lowest BCUT2D eigenvalue weighted by Crippen LogP contribution is -2.13. The zero-order valence-electron chi connectivity index (χ0n) is 11.4. The number of nitriles is 2. The fourth-order valence-corrected chi connectivity index (χ4v) is 1.83. The Balaban J connectivity index is 2.17. The summed E-state index contributed by atoms with van der Waals surface area (Å²) < 4.78 is 0. The first-order valence-corrected chi connectivity index (χ1v) is 6.69. The smallest absolute Gasteiger partial charge is 0.266 e. The van der Waals surface area contributed by atoms with Crippen LogP contribution in [0.2, 0.25) is 5.02 Å². The highest BCUT2D eigenvalue weighted by atomic mass is 35.5. The first-order chi connectivity index (χ1) is 10.6. The van der Waals surface area contributed by atoms with Gasteiger partial charge in [0.25, 0.3) is 5.91 Å². The number of hydrogen-bond donors (Lipinski definition) is 1. The molecule has 0 aromatic heterocycles. The van der Waals surface area contributed by atoms with E-state index >= 15 is 0 Å². The van der Waals surface area contributed by atoms with Crippen molar-refractivity contribution in [3.8, 4) is 12.1 Å². The third-order valence-corrected chi connectivity index (χ3v) is 3.07. The maximum absolute atomic E-state index is 12.1. The molecule has 2 aromatic carbocycles. The molecular weight excluding hydrogens is 298 g/mol. The van der Waals surface area contributed by atoms with Crippen LogP contribution in [0.5, 0.6) is 0 Å². The van der Waals surface area contributed by atoms with Gasteiger partial charge in [-0.05, 0) is 48.0 Å². The fourth-order valence-electron chi connectivity index (χ4n) is 1.70. The summed E-state index contributed by atoms with van der Waals surface area (Å²) in [4.78, 5) is 12.1. The van der Waals surface area contributed by atoms with Gasteiger partial charge in [-0.25, -0.2) is 0 Å². The molecule has 22 heavy (non-hydrogen) atoms. The van der Waals surface area contributed by atoms with Crippen LogP contribution >= 0.6 is 11.6 Å². The van der Waals surface area contributed by atoms with Crippen molar-refractivity contribution >= 4 is 29.3 Å². The quantitative estimate of drug-likeness (QED) is 0.693. The van der Waals surface area contributed by atoms with Gasteiger partial charge in [-0.1, -0.05) is 23.7 Å². The second kappa shape index (κ2) is 7.08. The summed E-state index contributed by atoms with van der Waals surface area (Å²) in [6.45, 7) is 0. The Kier molecular flexibility index (Phi) is 4.93. The van der Waals surface area contributed by atoms with E-state index in [4.69, 9.17) is 22.1 Å². The van der Waals surface area contributed by atoms with Gasteiger partial charge in [0.2, 0.25) is 0 Å². The van der Waals surface area contributed by atoms with Crippen LogP contribution in [-0.4, -0.2) is 5.91 Å². The number of halogens is 1. The molecule has 1 N–H and O–H groups in total. The standard InChI is InChI=1S/C17H10ClN3O/c18-15-5-7-16(8-6-15)21-17(22)14(11-20)9-12-1-3-13(10-19)4-2-12/h1-9H,(H,21,22)/b14-9+. The molecule has 5 heteroatoms. The van der Waals surface area contributed by atoms with Crippen molar-refractivity contribution in [3.05, 3.63) is 70.3 Å². The molecule has 0 saturated carbocycles. The molecule has 0 aliphatic heterocycles. The van der Waals surface area contributed by atoms with Crippen LogP contribution in [0.1, 0.15) is 11.1 Å². The molecular formula is C17H10ClN3O. The number of anilines is 1. The van der Waals surface area contributed by atoms with E-state index in [-0.39, 0.29) is 5.57 Å². The topological polar surface area (TPSA) is 76.7 Å². The van der Waals surface area contributed by atoms with E-state index in [0.29, 0.717) is 21.8 Å². The molecule has 0 unspecified atom stereocenters. The Labute approximate surface area is 132 Å². The summed E-state index contributed by atoms with van der Waals surface area (Å²) in [5.41, 5.74) is 1.71. The molecule has 0 aliphatic rings. The van der Waals surface area contributed by atoms with Gasteiger partial charge < -0.3 is 5.32 Å². The molecule has 2 aromatic rings. The molecule has 1 amide bonds. The van der Waals surface area contributed by atoms with Gasteiger partial charge in [0.1, 0.15) is 11.6 Å². The third kappa shape index (κ3) is 3.96. The van der Waals surface area contributed by atoms with Crippen LogP contribution in [0.15, 0.2) is 54.1 Å². The zero-order valence-corrected chi connectivity index (χ0v) is 12.1. The van der Waals surface area contributed by atoms with Crippen molar-refractivity contribution in [1.82, 2.24) is 0 Å². The molecule has 0 saturated heterocycles. The second-order valence-electron chi connectivity index (χ2n) is 4.36. The number of nitrogens with zero attached hydrogens (tertiary/aromatic N) is 2. The van der Waals surface area contributed by atoms with Crippen molar-refractivity contribution in [2.24, 2.45) is 0 Å². The maximum Gasteiger partial charge on any atom is 0.266 e. The van der Waals surface area contributed by atoms with Crippen molar-refractivity contribution in [2.45, 2.75) is 0 Å². The van der Waals surface area contributed by atoms with Gasteiger partial charge in [-0.2, -0.15) is 10.5 Å². The summed E-state index contributed by atoms with van der Waals surface area (Å²) in [6.07, 6.45) is 1.46. The number of carbonyl (C=O) groups excluding carboxylic acids is 1. The predicted molar refractivity (Wildman–Crippen MR) is 84.8 cm³/mol. The van der Waals surface area contributed by atoms with Crippen molar-refractivity contribution < 1.29 is 4.79 Å². The van der Waals surface area contributed by atoms with Crippen LogP contribution < -0.4 is 5.32 Å². The zero-order chi connectivity index (χ0) is 15.9. The minimum absolute atomic E-state index is 0.0281. The van der Waals surface area contributed by atoms with E-state index in [9.17, 15) is 4.79 Å². The lowest BCUT2D eigenvalue weighted by atomic mass is 10.1. The lowest BCUT2D eigenvalue weighted by molar-refractivity contribution is -0.112. The van der Waals surface area contributed by atoms with Crippen molar-refractivity contribution in [2.75, 3.05) is 5.32 Å². The Hall–Kier alpha value is -3.08. The fraction of sp³-hybridized carbons (Fsp3) is 0. The largest absolute Gasteiger partial charge is 0.321 e. The highest BCUT2D eigenvalue weighted by molar-refractivity contribution is 6.30. The average Bonchev–Trinajstić information content (AvgIpc) is 2.55. The molecule has 0 fully saturated rings. The number of carbonyl (C=O) groups is 1. The lowest BCUT2D eigenvalue weighted by Gasteiger charge is -2.04.